The largest absolute Gasteiger partial charge is 0.468 e. The van der Waals surface area contributed by atoms with E-state index in [1.807, 2.05) is 5.38 Å². The molecule has 1 N–H and O–H groups in total. The molecule has 1 aliphatic carbocycles. The van der Waals surface area contributed by atoms with Gasteiger partial charge in [-0.1, -0.05) is 0 Å². The van der Waals surface area contributed by atoms with Crippen LogP contribution in [0.4, 0.5) is 0 Å². The first kappa shape index (κ1) is 10.6. The minimum atomic E-state index is -0.444. The second-order valence-corrected chi connectivity index (χ2v) is 4.69. The molecule has 82 valence electrons. The van der Waals surface area contributed by atoms with Gasteiger partial charge in [0.15, 0.2) is 0 Å². The zero-order chi connectivity index (χ0) is 10.7. The van der Waals surface area contributed by atoms with Crippen LogP contribution in [0.3, 0.4) is 0 Å². The number of aromatic nitrogens is 1. The first-order valence-corrected chi connectivity index (χ1v) is 5.87. The van der Waals surface area contributed by atoms with Crippen LogP contribution in [-0.2, 0) is 16.1 Å². The zero-order valence-electron chi connectivity index (χ0n) is 8.66. The summed E-state index contributed by atoms with van der Waals surface area (Å²) in [6, 6.07) is 0. The van der Waals surface area contributed by atoms with Crippen LogP contribution in [0.15, 0.2) is 11.6 Å². The maximum atomic E-state index is 11.6. The molecule has 0 spiro atoms. The Hall–Kier alpha value is -0.940. The maximum absolute atomic E-state index is 11.6. The molecule has 1 fully saturated rings. The Kier molecular flexibility index (Phi) is 3.02. The van der Waals surface area contributed by atoms with Gasteiger partial charge in [-0.2, -0.15) is 0 Å². The molecular weight excluding hydrogens is 212 g/mol. The average Bonchev–Trinajstić information content (AvgIpc) is 2.68. The summed E-state index contributed by atoms with van der Waals surface area (Å²) in [5.41, 5.74) is -0.444. The van der Waals surface area contributed by atoms with Gasteiger partial charge in [0.2, 0.25) is 0 Å². The summed E-state index contributed by atoms with van der Waals surface area (Å²) in [5.74, 6) is -0.148. The molecule has 0 saturated heterocycles. The van der Waals surface area contributed by atoms with Crippen molar-refractivity contribution in [3.05, 3.63) is 16.6 Å². The molecule has 1 aromatic rings. The van der Waals surface area contributed by atoms with Crippen molar-refractivity contribution < 1.29 is 9.53 Å². The SMILES string of the molecule is COC(=O)C1(NCc2nccs2)CCC1. The third-order valence-electron chi connectivity index (χ3n) is 2.84. The maximum Gasteiger partial charge on any atom is 0.326 e. The fraction of sp³-hybridized carbons (Fsp3) is 0.600. The lowest BCUT2D eigenvalue weighted by molar-refractivity contribution is -0.152. The van der Waals surface area contributed by atoms with Crippen molar-refractivity contribution in [2.75, 3.05) is 7.11 Å². The van der Waals surface area contributed by atoms with Gasteiger partial charge in [-0.05, 0) is 19.3 Å². The second-order valence-electron chi connectivity index (χ2n) is 3.71. The third kappa shape index (κ3) is 2.03. The number of nitrogens with one attached hydrogen (secondary N) is 1. The van der Waals surface area contributed by atoms with Gasteiger partial charge in [0.25, 0.3) is 0 Å². The molecule has 1 aliphatic rings. The number of hydrogen-bond donors (Lipinski definition) is 1. The summed E-state index contributed by atoms with van der Waals surface area (Å²) in [4.78, 5) is 15.7. The molecule has 0 radical (unpaired) electrons. The number of ether oxygens (including phenoxy) is 1. The van der Waals surface area contributed by atoms with Gasteiger partial charge in [-0.15, -0.1) is 11.3 Å². The lowest BCUT2D eigenvalue weighted by Crippen LogP contribution is -2.57. The Morgan fingerprint density at radius 3 is 3.00 bits per heavy atom. The number of rotatable bonds is 4. The van der Waals surface area contributed by atoms with Gasteiger partial charge in [0, 0.05) is 18.1 Å². The van der Waals surface area contributed by atoms with E-state index in [1.165, 1.54) is 7.11 Å². The summed E-state index contributed by atoms with van der Waals surface area (Å²) in [5, 5.41) is 6.20. The molecule has 0 unspecified atom stereocenters. The van der Waals surface area contributed by atoms with Crippen LogP contribution >= 0.6 is 11.3 Å². The van der Waals surface area contributed by atoms with Crippen LogP contribution in [-0.4, -0.2) is 23.6 Å². The van der Waals surface area contributed by atoms with E-state index in [9.17, 15) is 4.79 Å². The number of nitrogens with zero attached hydrogens (tertiary/aromatic N) is 1. The monoisotopic (exact) mass is 226 g/mol. The van der Waals surface area contributed by atoms with Crippen LogP contribution in [0.1, 0.15) is 24.3 Å². The highest BCUT2D eigenvalue weighted by molar-refractivity contribution is 7.09. The number of esters is 1. The summed E-state index contributed by atoms with van der Waals surface area (Å²) in [7, 11) is 1.44. The van der Waals surface area contributed by atoms with Crippen LogP contribution < -0.4 is 5.32 Å². The molecule has 0 amide bonds. The van der Waals surface area contributed by atoms with Gasteiger partial charge in [-0.3, -0.25) is 10.1 Å². The minimum Gasteiger partial charge on any atom is -0.468 e. The average molecular weight is 226 g/mol. The molecule has 1 heterocycles. The Labute approximate surface area is 92.7 Å². The molecule has 5 heteroatoms. The van der Waals surface area contributed by atoms with Crippen molar-refractivity contribution >= 4 is 17.3 Å². The van der Waals surface area contributed by atoms with E-state index in [0.29, 0.717) is 6.54 Å². The highest BCUT2D eigenvalue weighted by Crippen LogP contribution is 2.33. The lowest BCUT2D eigenvalue weighted by Gasteiger charge is -2.39. The standard InChI is InChI=1S/C10H14N2O2S/c1-14-9(13)10(3-2-4-10)12-7-8-11-5-6-15-8/h5-6,12H,2-4,7H2,1H3. The van der Waals surface area contributed by atoms with Crippen LogP contribution in [0.2, 0.25) is 0 Å². The Bertz CT molecular complexity index is 333. The highest BCUT2D eigenvalue weighted by atomic mass is 32.1. The van der Waals surface area contributed by atoms with Crippen molar-refractivity contribution in [3.63, 3.8) is 0 Å². The van der Waals surface area contributed by atoms with Gasteiger partial charge in [0.1, 0.15) is 10.5 Å². The number of hydrogen-bond acceptors (Lipinski definition) is 5. The van der Waals surface area contributed by atoms with E-state index in [0.717, 1.165) is 24.3 Å². The Morgan fingerprint density at radius 2 is 2.53 bits per heavy atom. The minimum absolute atomic E-state index is 0.148. The Morgan fingerprint density at radius 1 is 1.73 bits per heavy atom. The van der Waals surface area contributed by atoms with E-state index < -0.39 is 5.54 Å². The van der Waals surface area contributed by atoms with Crippen molar-refractivity contribution in [2.45, 2.75) is 31.3 Å². The quantitative estimate of drug-likeness (QED) is 0.787. The van der Waals surface area contributed by atoms with Crippen LogP contribution in [0, 0.1) is 0 Å². The number of thiazole rings is 1. The van der Waals surface area contributed by atoms with Crippen LogP contribution in [0.5, 0.6) is 0 Å². The number of carbonyl (C=O) groups excluding carboxylic acids is 1. The van der Waals surface area contributed by atoms with Crippen molar-refractivity contribution in [1.82, 2.24) is 10.3 Å². The molecule has 0 atom stereocenters. The fourth-order valence-electron chi connectivity index (χ4n) is 1.76. The van der Waals surface area contributed by atoms with Crippen molar-refractivity contribution in [3.8, 4) is 0 Å². The summed E-state index contributed by atoms with van der Waals surface area (Å²) < 4.78 is 4.81. The van der Waals surface area contributed by atoms with E-state index >= 15 is 0 Å². The van der Waals surface area contributed by atoms with E-state index in [2.05, 4.69) is 10.3 Å². The fourth-order valence-corrected chi connectivity index (χ4v) is 2.32. The molecular formula is C10H14N2O2S. The number of carbonyl (C=O) groups is 1. The molecule has 0 aliphatic heterocycles. The van der Waals surface area contributed by atoms with E-state index in [4.69, 9.17) is 4.74 Å². The van der Waals surface area contributed by atoms with Crippen molar-refractivity contribution in [2.24, 2.45) is 0 Å². The normalized spacial score (nSPS) is 18.2. The Balaban J connectivity index is 1.94. The smallest absolute Gasteiger partial charge is 0.326 e. The second kappa shape index (κ2) is 4.28. The summed E-state index contributed by atoms with van der Waals surface area (Å²) in [6.45, 7) is 0.646. The first-order chi connectivity index (χ1) is 7.27. The molecule has 1 saturated carbocycles. The predicted molar refractivity (Wildman–Crippen MR) is 57.6 cm³/mol. The summed E-state index contributed by atoms with van der Waals surface area (Å²) in [6.07, 6.45) is 4.59. The molecule has 0 bridgehead atoms. The molecule has 2 rings (SSSR count). The lowest BCUT2D eigenvalue weighted by atomic mass is 9.77. The van der Waals surface area contributed by atoms with Gasteiger partial charge >= 0.3 is 5.97 Å². The van der Waals surface area contributed by atoms with Crippen molar-refractivity contribution in [1.29, 1.82) is 0 Å². The third-order valence-corrected chi connectivity index (χ3v) is 3.62. The molecule has 1 aromatic heterocycles. The zero-order valence-corrected chi connectivity index (χ0v) is 9.47. The van der Waals surface area contributed by atoms with E-state index in [-0.39, 0.29) is 5.97 Å². The highest BCUT2D eigenvalue weighted by Gasteiger charge is 2.44. The first-order valence-electron chi connectivity index (χ1n) is 4.99. The van der Waals surface area contributed by atoms with E-state index in [1.54, 1.807) is 17.5 Å². The molecule has 15 heavy (non-hydrogen) atoms. The predicted octanol–water partition coefficient (Wildman–Crippen LogP) is 1.33. The topological polar surface area (TPSA) is 51.2 Å². The molecule has 4 nitrogen and oxygen atoms in total. The summed E-state index contributed by atoms with van der Waals surface area (Å²) >= 11 is 1.59. The van der Waals surface area contributed by atoms with Gasteiger partial charge < -0.3 is 4.74 Å². The van der Waals surface area contributed by atoms with Gasteiger partial charge in [0.05, 0.1) is 7.11 Å². The van der Waals surface area contributed by atoms with Crippen LogP contribution in [0.25, 0.3) is 0 Å². The molecule has 0 aromatic carbocycles. The number of methoxy groups -OCH3 is 1. The van der Waals surface area contributed by atoms with Gasteiger partial charge in [-0.25, -0.2) is 4.98 Å².